The molecule has 0 atom stereocenters. The van der Waals surface area contributed by atoms with Gasteiger partial charge in [-0.15, -0.1) is 0 Å². The molecule has 0 amide bonds. The predicted molar refractivity (Wildman–Crippen MR) is 50.6 cm³/mol. The van der Waals surface area contributed by atoms with Crippen LogP contribution in [0.2, 0.25) is 0 Å². The van der Waals surface area contributed by atoms with E-state index in [0.717, 1.165) is 12.2 Å². The smallest absolute Gasteiger partial charge is 0.0622 e. The van der Waals surface area contributed by atoms with Gasteiger partial charge in [0.15, 0.2) is 0 Å². The van der Waals surface area contributed by atoms with Crippen LogP contribution in [0.5, 0.6) is 0 Å². The molecule has 0 N–H and O–H groups in total. The first-order valence-corrected chi connectivity index (χ1v) is 5.90. The van der Waals surface area contributed by atoms with Gasteiger partial charge in [0, 0.05) is 17.9 Å². The van der Waals surface area contributed by atoms with Crippen molar-refractivity contribution < 1.29 is 0 Å². The van der Waals surface area contributed by atoms with Crippen molar-refractivity contribution in [3.05, 3.63) is 0 Å². The molecule has 0 rings (SSSR count). The van der Waals surface area contributed by atoms with E-state index in [1.54, 1.807) is 0 Å². The molecule has 3 heteroatoms. The van der Waals surface area contributed by atoms with Crippen LogP contribution >= 0.6 is 23.5 Å². The molecule has 0 aromatic rings. The Balaban J connectivity index is 2.72. The summed E-state index contributed by atoms with van der Waals surface area (Å²) >= 11 is 3.83. The Morgan fingerprint density at radius 1 is 1.30 bits per heavy atom. The summed E-state index contributed by atoms with van der Waals surface area (Å²) in [4.78, 5) is 0. The van der Waals surface area contributed by atoms with Crippen molar-refractivity contribution in [1.82, 2.24) is 0 Å². The lowest BCUT2D eigenvalue weighted by Crippen LogP contribution is -1.85. The minimum Gasteiger partial charge on any atom is -0.198 e. The lowest BCUT2D eigenvalue weighted by Gasteiger charge is -1.95. The number of hydrogen-bond donors (Lipinski definition) is 0. The summed E-state index contributed by atoms with van der Waals surface area (Å²) in [6, 6.07) is 2.14. The Labute approximate surface area is 71.6 Å². The first kappa shape index (κ1) is 10.2. The van der Waals surface area contributed by atoms with Gasteiger partial charge in [0.05, 0.1) is 6.07 Å². The molecule has 0 aromatic heterocycles. The van der Waals surface area contributed by atoms with Gasteiger partial charge in [0.25, 0.3) is 0 Å². The molecule has 0 aliphatic rings. The van der Waals surface area contributed by atoms with Crippen LogP contribution in [0.15, 0.2) is 0 Å². The molecule has 0 fully saturated rings. The van der Waals surface area contributed by atoms with E-state index in [1.807, 2.05) is 23.5 Å². The van der Waals surface area contributed by atoms with Crippen molar-refractivity contribution in [3.8, 4) is 6.07 Å². The van der Waals surface area contributed by atoms with Gasteiger partial charge < -0.3 is 0 Å². The van der Waals surface area contributed by atoms with Crippen LogP contribution in [-0.4, -0.2) is 23.5 Å². The van der Waals surface area contributed by atoms with E-state index in [-0.39, 0.29) is 0 Å². The summed E-state index contributed by atoms with van der Waals surface area (Å²) < 4.78 is 0. The van der Waals surface area contributed by atoms with E-state index in [1.165, 1.54) is 11.5 Å². The van der Waals surface area contributed by atoms with Crippen LogP contribution in [0.4, 0.5) is 0 Å². The van der Waals surface area contributed by atoms with Crippen LogP contribution in [0.1, 0.15) is 12.8 Å². The molecule has 0 saturated carbocycles. The van der Waals surface area contributed by atoms with E-state index in [4.69, 9.17) is 5.26 Å². The zero-order valence-corrected chi connectivity index (χ0v) is 7.93. The molecule has 0 unspecified atom stereocenters. The van der Waals surface area contributed by atoms with Crippen molar-refractivity contribution in [3.63, 3.8) is 0 Å². The molecule has 58 valence electrons. The highest BCUT2D eigenvalue weighted by atomic mass is 32.2. The zero-order chi connectivity index (χ0) is 7.66. The second kappa shape index (κ2) is 9.19. The Kier molecular flexibility index (Phi) is 9.36. The quantitative estimate of drug-likeness (QED) is 0.579. The Hall–Kier alpha value is 0.190. The van der Waals surface area contributed by atoms with Crippen LogP contribution in [0.25, 0.3) is 0 Å². The first-order valence-electron chi connectivity index (χ1n) is 3.35. The normalized spacial score (nSPS) is 9.20. The molecular weight excluding hydrogens is 162 g/mol. The van der Waals surface area contributed by atoms with E-state index in [2.05, 4.69) is 12.3 Å². The average Bonchev–Trinajstić information content (AvgIpc) is 1.97. The molecule has 1 nitrogen and oxygen atoms in total. The molecular formula is C7H13NS2. The third-order valence-corrected chi connectivity index (χ3v) is 2.95. The maximum atomic E-state index is 8.21. The molecule has 0 aliphatic heterocycles. The second-order valence-electron chi connectivity index (χ2n) is 1.87. The first-order chi connectivity index (χ1) is 4.91. The SMILES string of the molecule is CSCCSCCCC#N. The number of rotatable bonds is 6. The maximum Gasteiger partial charge on any atom is 0.0622 e. The van der Waals surface area contributed by atoms with Gasteiger partial charge in [0.2, 0.25) is 0 Å². The van der Waals surface area contributed by atoms with Crippen molar-refractivity contribution in [2.45, 2.75) is 12.8 Å². The molecule has 10 heavy (non-hydrogen) atoms. The van der Waals surface area contributed by atoms with Crippen LogP contribution < -0.4 is 0 Å². The van der Waals surface area contributed by atoms with Gasteiger partial charge in [-0.25, -0.2) is 0 Å². The zero-order valence-electron chi connectivity index (χ0n) is 6.30. The van der Waals surface area contributed by atoms with Gasteiger partial charge in [-0.1, -0.05) is 0 Å². The highest BCUT2D eigenvalue weighted by molar-refractivity contribution is 8.02. The summed E-state index contributed by atoms with van der Waals surface area (Å²) in [5, 5.41) is 8.21. The molecule has 0 aliphatic carbocycles. The van der Waals surface area contributed by atoms with E-state index in [9.17, 15) is 0 Å². The maximum absolute atomic E-state index is 8.21. The highest BCUT2D eigenvalue weighted by Gasteiger charge is 1.87. The minimum atomic E-state index is 0.715. The van der Waals surface area contributed by atoms with Crippen molar-refractivity contribution in [2.24, 2.45) is 0 Å². The largest absolute Gasteiger partial charge is 0.198 e. The van der Waals surface area contributed by atoms with E-state index in [0.29, 0.717) is 6.42 Å². The number of nitrogens with zero attached hydrogens (tertiary/aromatic N) is 1. The number of hydrogen-bond acceptors (Lipinski definition) is 3. The topological polar surface area (TPSA) is 23.8 Å². The monoisotopic (exact) mass is 175 g/mol. The highest BCUT2D eigenvalue weighted by Crippen LogP contribution is 2.06. The average molecular weight is 175 g/mol. The van der Waals surface area contributed by atoms with Crippen LogP contribution in [0.3, 0.4) is 0 Å². The molecule has 0 saturated heterocycles. The fraction of sp³-hybridized carbons (Fsp3) is 0.857. The number of thioether (sulfide) groups is 2. The molecule has 0 radical (unpaired) electrons. The summed E-state index contributed by atoms with van der Waals surface area (Å²) in [5.41, 5.74) is 0. The molecule has 0 spiro atoms. The predicted octanol–water partition coefficient (Wildman–Crippen LogP) is 2.39. The number of nitriles is 1. The summed E-state index contributed by atoms with van der Waals surface area (Å²) in [5.74, 6) is 3.61. The molecule has 0 heterocycles. The Morgan fingerprint density at radius 3 is 2.70 bits per heavy atom. The van der Waals surface area contributed by atoms with E-state index < -0.39 is 0 Å². The Bertz CT molecular complexity index is 98.3. The van der Waals surface area contributed by atoms with E-state index >= 15 is 0 Å². The molecule has 0 bridgehead atoms. The number of unbranched alkanes of at least 4 members (excludes halogenated alkanes) is 1. The van der Waals surface area contributed by atoms with Gasteiger partial charge >= 0.3 is 0 Å². The lowest BCUT2D eigenvalue weighted by atomic mass is 10.4. The standard InChI is InChI=1S/C7H13NS2/c1-9-6-7-10-5-3-2-4-8/h2-3,5-7H2,1H3. The summed E-state index contributed by atoms with van der Waals surface area (Å²) in [7, 11) is 0. The van der Waals surface area contributed by atoms with Gasteiger partial charge in [0.1, 0.15) is 0 Å². The fourth-order valence-corrected chi connectivity index (χ4v) is 2.19. The Morgan fingerprint density at radius 2 is 2.10 bits per heavy atom. The van der Waals surface area contributed by atoms with Crippen LogP contribution in [-0.2, 0) is 0 Å². The van der Waals surface area contributed by atoms with Crippen molar-refractivity contribution in [1.29, 1.82) is 5.26 Å². The third kappa shape index (κ3) is 8.19. The lowest BCUT2D eigenvalue weighted by molar-refractivity contribution is 0.982. The van der Waals surface area contributed by atoms with Gasteiger partial charge in [-0.2, -0.15) is 28.8 Å². The van der Waals surface area contributed by atoms with Crippen molar-refractivity contribution in [2.75, 3.05) is 23.5 Å². The minimum absolute atomic E-state index is 0.715. The van der Waals surface area contributed by atoms with Crippen molar-refractivity contribution >= 4 is 23.5 Å². The van der Waals surface area contributed by atoms with Gasteiger partial charge in [-0.05, 0) is 18.4 Å². The second-order valence-corrected chi connectivity index (χ2v) is 4.08. The molecule has 0 aromatic carbocycles. The third-order valence-electron chi connectivity index (χ3n) is 1.01. The summed E-state index contributed by atoms with van der Waals surface area (Å²) in [6.07, 6.45) is 3.89. The fourth-order valence-electron chi connectivity index (χ4n) is 0.498. The summed E-state index contributed by atoms with van der Waals surface area (Å²) in [6.45, 7) is 0. The van der Waals surface area contributed by atoms with Gasteiger partial charge in [-0.3, -0.25) is 0 Å². The van der Waals surface area contributed by atoms with Crippen LogP contribution in [0, 0.1) is 11.3 Å².